The van der Waals surface area contributed by atoms with Gasteiger partial charge < -0.3 is 11.1 Å². The van der Waals surface area contributed by atoms with Crippen LogP contribution in [-0.4, -0.2) is 20.7 Å². The first-order valence-electron chi connectivity index (χ1n) is 6.15. The van der Waals surface area contributed by atoms with Crippen molar-refractivity contribution in [2.75, 3.05) is 0 Å². The molecule has 2 rings (SSSR count). The molecule has 20 heavy (non-hydrogen) atoms. The van der Waals surface area contributed by atoms with Gasteiger partial charge in [0.1, 0.15) is 10.7 Å². The number of amides is 1. The molecule has 0 unspecified atom stereocenters. The molecule has 2 aromatic rings. The van der Waals surface area contributed by atoms with Crippen LogP contribution in [0.15, 0.2) is 30.3 Å². The second-order valence-electron chi connectivity index (χ2n) is 4.54. The quantitative estimate of drug-likeness (QED) is 0.832. The zero-order valence-electron chi connectivity index (χ0n) is 11.4. The van der Waals surface area contributed by atoms with Crippen LogP contribution < -0.4 is 11.1 Å². The predicted molar refractivity (Wildman–Crippen MR) is 81.4 cm³/mol. The number of nitrogens with zero attached hydrogens (tertiary/aromatic N) is 2. The highest BCUT2D eigenvalue weighted by Crippen LogP contribution is 2.06. The first-order valence-corrected chi connectivity index (χ1v) is 6.56. The van der Waals surface area contributed by atoms with Crippen LogP contribution in [0.2, 0.25) is 0 Å². The van der Waals surface area contributed by atoms with Crippen molar-refractivity contribution in [3.8, 4) is 0 Å². The lowest BCUT2D eigenvalue weighted by Gasteiger charge is -2.07. The van der Waals surface area contributed by atoms with E-state index < -0.39 is 0 Å². The molecule has 6 heteroatoms. The van der Waals surface area contributed by atoms with Crippen LogP contribution in [0, 0.1) is 6.92 Å². The fourth-order valence-corrected chi connectivity index (χ4v) is 2.06. The first kappa shape index (κ1) is 14.2. The van der Waals surface area contributed by atoms with Gasteiger partial charge in [0.2, 0.25) is 0 Å². The predicted octanol–water partition coefficient (Wildman–Crippen LogP) is 1.29. The van der Waals surface area contributed by atoms with Crippen LogP contribution in [0.4, 0.5) is 0 Å². The summed E-state index contributed by atoms with van der Waals surface area (Å²) >= 11 is 4.93. The van der Waals surface area contributed by atoms with Crippen LogP contribution in [0.1, 0.15) is 27.3 Å². The van der Waals surface area contributed by atoms with Crippen LogP contribution in [0.5, 0.6) is 0 Å². The number of hydrogen-bond acceptors (Lipinski definition) is 3. The molecule has 5 nitrogen and oxygen atoms in total. The fourth-order valence-electron chi connectivity index (χ4n) is 1.93. The Balaban J connectivity index is 2.05. The topological polar surface area (TPSA) is 72.9 Å². The molecule has 0 bridgehead atoms. The molecule has 1 aromatic heterocycles. The molecule has 1 amide bonds. The van der Waals surface area contributed by atoms with Gasteiger partial charge >= 0.3 is 0 Å². The molecule has 1 aromatic carbocycles. The molecule has 0 saturated carbocycles. The lowest BCUT2D eigenvalue weighted by molar-refractivity contribution is 0.0941. The normalized spacial score (nSPS) is 10.3. The number of rotatable bonds is 4. The van der Waals surface area contributed by atoms with Gasteiger partial charge in [0.05, 0.1) is 5.69 Å². The molecule has 0 aliphatic carbocycles. The smallest absolute Gasteiger partial charge is 0.269 e. The van der Waals surface area contributed by atoms with Crippen molar-refractivity contribution in [3.05, 3.63) is 52.8 Å². The maximum atomic E-state index is 12.0. The Bertz CT molecular complexity index is 663. The number of nitrogens with two attached hydrogens (primary N) is 1. The van der Waals surface area contributed by atoms with E-state index in [0.717, 1.165) is 16.8 Å². The van der Waals surface area contributed by atoms with E-state index in [0.29, 0.717) is 17.2 Å². The molecular weight excluding hydrogens is 272 g/mol. The molecule has 0 atom stereocenters. The number of nitrogens with one attached hydrogen (secondary N) is 1. The second-order valence-corrected chi connectivity index (χ2v) is 4.98. The highest BCUT2D eigenvalue weighted by Gasteiger charge is 2.11. The van der Waals surface area contributed by atoms with Gasteiger partial charge in [0, 0.05) is 19.2 Å². The summed E-state index contributed by atoms with van der Waals surface area (Å²) in [4.78, 5) is 12.4. The summed E-state index contributed by atoms with van der Waals surface area (Å²) in [5.41, 5.74) is 8.67. The number of carbonyl (C=O) groups excluding carboxylic acids is 1. The molecule has 0 spiro atoms. The molecule has 0 aliphatic heterocycles. The van der Waals surface area contributed by atoms with Gasteiger partial charge in [0.25, 0.3) is 5.91 Å². The van der Waals surface area contributed by atoms with Crippen molar-refractivity contribution < 1.29 is 4.79 Å². The Morgan fingerprint density at radius 1 is 1.45 bits per heavy atom. The van der Waals surface area contributed by atoms with Gasteiger partial charge in [-0.25, -0.2) is 0 Å². The lowest BCUT2D eigenvalue weighted by atomic mass is 10.1. The maximum absolute atomic E-state index is 12.0. The average molecular weight is 288 g/mol. The zero-order valence-corrected chi connectivity index (χ0v) is 12.2. The van der Waals surface area contributed by atoms with Crippen molar-refractivity contribution >= 4 is 23.1 Å². The van der Waals surface area contributed by atoms with Gasteiger partial charge in [-0.1, -0.05) is 30.4 Å². The van der Waals surface area contributed by atoms with E-state index in [2.05, 4.69) is 10.4 Å². The lowest BCUT2D eigenvalue weighted by Crippen LogP contribution is -2.25. The molecule has 0 aliphatic rings. The number of thiocarbonyl (C=S) groups is 1. The van der Waals surface area contributed by atoms with Crippen molar-refractivity contribution in [2.24, 2.45) is 12.8 Å². The van der Waals surface area contributed by atoms with Gasteiger partial charge in [-0.3, -0.25) is 9.48 Å². The summed E-state index contributed by atoms with van der Waals surface area (Å²) in [6, 6.07) is 9.25. The zero-order chi connectivity index (χ0) is 14.7. The van der Waals surface area contributed by atoms with E-state index in [1.54, 1.807) is 17.8 Å². The van der Waals surface area contributed by atoms with Crippen LogP contribution in [0.25, 0.3) is 0 Å². The van der Waals surface area contributed by atoms with Crippen molar-refractivity contribution in [3.63, 3.8) is 0 Å². The van der Waals surface area contributed by atoms with E-state index in [4.69, 9.17) is 18.0 Å². The Kier molecular flexibility index (Phi) is 4.14. The van der Waals surface area contributed by atoms with Crippen molar-refractivity contribution in [2.45, 2.75) is 13.5 Å². The number of benzene rings is 1. The monoisotopic (exact) mass is 288 g/mol. The van der Waals surface area contributed by atoms with Crippen LogP contribution >= 0.6 is 12.2 Å². The number of aromatic nitrogens is 2. The third-order valence-corrected chi connectivity index (χ3v) is 3.13. The Hall–Kier alpha value is -2.21. The standard InChI is InChI=1S/C14H16N4OS/c1-9-6-12(18(2)17-9)14(19)16-8-10-4-3-5-11(7-10)13(15)20/h3-7H,8H2,1-2H3,(H2,15,20)(H,16,19). The minimum Gasteiger partial charge on any atom is -0.389 e. The van der Waals surface area contributed by atoms with Gasteiger partial charge in [-0.15, -0.1) is 0 Å². The maximum Gasteiger partial charge on any atom is 0.269 e. The highest BCUT2D eigenvalue weighted by molar-refractivity contribution is 7.80. The van der Waals surface area contributed by atoms with E-state index in [1.165, 1.54) is 0 Å². The summed E-state index contributed by atoms with van der Waals surface area (Å²) in [7, 11) is 1.75. The number of carbonyl (C=O) groups is 1. The fraction of sp³-hybridized carbons (Fsp3) is 0.214. The van der Waals surface area contributed by atoms with Crippen LogP contribution in [-0.2, 0) is 13.6 Å². The summed E-state index contributed by atoms with van der Waals surface area (Å²) < 4.78 is 1.57. The Morgan fingerprint density at radius 3 is 2.80 bits per heavy atom. The molecule has 3 N–H and O–H groups in total. The van der Waals surface area contributed by atoms with E-state index >= 15 is 0 Å². The SMILES string of the molecule is Cc1cc(C(=O)NCc2cccc(C(N)=S)c2)n(C)n1. The highest BCUT2D eigenvalue weighted by atomic mass is 32.1. The van der Waals surface area contributed by atoms with Gasteiger partial charge in [0.15, 0.2) is 0 Å². The summed E-state index contributed by atoms with van der Waals surface area (Å²) in [5.74, 6) is -0.158. The summed E-state index contributed by atoms with van der Waals surface area (Å²) in [6.07, 6.45) is 0. The van der Waals surface area contributed by atoms with Gasteiger partial charge in [-0.05, 0) is 24.6 Å². The van der Waals surface area contributed by atoms with Crippen LogP contribution in [0.3, 0.4) is 0 Å². The minimum atomic E-state index is -0.158. The molecule has 0 fully saturated rings. The minimum absolute atomic E-state index is 0.158. The molecule has 0 saturated heterocycles. The molecule has 1 heterocycles. The molecule has 104 valence electrons. The van der Waals surface area contributed by atoms with Crippen molar-refractivity contribution in [1.29, 1.82) is 0 Å². The largest absolute Gasteiger partial charge is 0.389 e. The second kappa shape index (κ2) is 5.83. The Labute approximate surface area is 122 Å². The first-order chi connectivity index (χ1) is 9.47. The summed E-state index contributed by atoms with van der Waals surface area (Å²) in [5, 5.41) is 7.00. The number of hydrogen-bond donors (Lipinski definition) is 2. The van der Waals surface area contributed by atoms with Crippen molar-refractivity contribution in [1.82, 2.24) is 15.1 Å². The molecular formula is C14H16N4OS. The van der Waals surface area contributed by atoms with Gasteiger partial charge in [-0.2, -0.15) is 5.10 Å². The van der Waals surface area contributed by atoms with E-state index in [1.807, 2.05) is 31.2 Å². The number of aryl methyl sites for hydroxylation is 2. The van der Waals surface area contributed by atoms with E-state index in [9.17, 15) is 4.79 Å². The average Bonchev–Trinajstić information content (AvgIpc) is 2.75. The Morgan fingerprint density at radius 2 is 2.20 bits per heavy atom. The third-order valence-electron chi connectivity index (χ3n) is 2.90. The summed E-state index contributed by atoms with van der Waals surface area (Å²) in [6.45, 7) is 2.27. The molecule has 0 radical (unpaired) electrons. The third kappa shape index (κ3) is 3.21. The van der Waals surface area contributed by atoms with E-state index in [-0.39, 0.29) is 5.91 Å².